The average molecular weight is 340 g/mol. The number of amides is 1. The van der Waals surface area contributed by atoms with Gasteiger partial charge in [0.2, 0.25) is 5.91 Å². The van der Waals surface area contributed by atoms with Crippen molar-refractivity contribution >= 4 is 40.8 Å². The number of thioether (sulfide) groups is 1. The zero-order chi connectivity index (χ0) is 14.7. The summed E-state index contributed by atoms with van der Waals surface area (Å²) in [6, 6.07) is 7.50. The van der Waals surface area contributed by atoms with Gasteiger partial charge in [-0.1, -0.05) is 35.5 Å². The summed E-state index contributed by atoms with van der Waals surface area (Å²) in [6.07, 6.45) is 2.23. The van der Waals surface area contributed by atoms with E-state index in [0.717, 1.165) is 35.8 Å². The monoisotopic (exact) mass is 339 g/mol. The Morgan fingerprint density at radius 2 is 2.10 bits per heavy atom. The minimum atomic E-state index is 0.187. The van der Waals surface area contributed by atoms with Crippen LogP contribution in [0.2, 0.25) is 5.02 Å². The van der Waals surface area contributed by atoms with Crippen molar-refractivity contribution in [1.29, 1.82) is 0 Å². The average Bonchev–Trinajstić information content (AvgIpc) is 3.17. The second-order valence-electron chi connectivity index (χ2n) is 4.74. The van der Waals surface area contributed by atoms with Gasteiger partial charge in [0.25, 0.3) is 0 Å². The van der Waals surface area contributed by atoms with Crippen LogP contribution in [0.5, 0.6) is 0 Å². The van der Waals surface area contributed by atoms with Crippen LogP contribution in [0.25, 0.3) is 11.4 Å². The molecule has 1 fully saturated rings. The highest BCUT2D eigenvalue weighted by Gasteiger charge is 2.18. The van der Waals surface area contributed by atoms with Gasteiger partial charge in [0.15, 0.2) is 10.2 Å². The molecule has 0 radical (unpaired) electrons. The third-order valence-electron chi connectivity index (χ3n) is 3.30. The molecule has 0 atom stereocenters. The summed E-state index contributed by atoms with van der Waals surface area (Å²) >= 11 is 8.90. The van der Waals surface area contributed by atoms with Crippen LogP contribution in [0.1, 0.15) is 12.8 Å². The van der Waals surface area contributed by atoms with Crippen molar-refractivity contribution in [2.75, 3.05) is 18.8 Å². The fourth-order valence-electron chi connectivity index (χ4n) is 2.20. The number of hydrogen-bond donors (Lipinski definition) is 0. The minimum Gasteiger partial charge on any atom is -0.342 e. The maximum atomic E-state index is 12.0. The van der Waals surface area contributed by atoms with E-state index in [1.54, 1.807) is 0 Å². The second-order valence-corrected chi connectivity index (χ2v) is 7.12. The van der Waals surface area contributed by atoms with E-state index in [4.69, 9.17) is 11.6 Å². The summed E-state index contributed by atoms with van der Waals surface area (Å²) in [4.78, 5) is 18.4. The van der Waals surface area contributed by atoms with E-state index in [1.165, 1.54) is 23.3 Å². The van der Waals surface area contributed by atoms with Gasteiger partial charge in [-0.25, -0.2) is 4.98 Å². The van der Waals surface area contributed by atoms with Crippen molar-refractivity contribution in [3.63, 3.8) is 0 Å². The molecule has 2 aromatic rings. The third-order valence-corrected chi connectivity index (χ3v) is 5.45. The van der Waals surface area contributed by atoms with Gasteiger partial charge in [-0.3, -0.25) is 4.79 Å². The number of carbonyl (C=O) groups is 1. The number of rotatable bonds is 4. The molecular weight excluding hydrogens is 326 g/mol. The van der Waals surface area contributed by atoms with E-state index >= 15 is 0 Å². The number of hydrogen-bond acceptors (Lipinski definition) is 5. The lowest BCUT2D eigenvalue weighted by molar-refractivity contribution is -0.127. The summed E-state index contributed by atoms with van der Waals surface area (Å²) < 4.78 is 5.13. The minimum absolute atomic E-state index is 0.187. The molecule has 2 heterocycles. The van der Waals surface area contributed by atoms with Crippen molar-refractivity contribution in [3.8, 4) is 11.4 Å². The highest BCUT2D eigenvalue weighted by Crippen LogP contribution is 2.29. The molecule has 7 heteroatoms. The van der Waals surface area contributed by atoms with E-state index in [2.05, 4.69) is 9.36 Å². The summed E-state index contributed by atoms with van der Waals surface area (Å²) in [5.74, 6) is 1.24. The van der Waals surface area contributed by atoms with Gasteiger partial charge in [-0.05, 0) is 36.5 Å². The molecule has 0 N–H and O–H groups in total. The third kappa shape index (κ3) is 3.56. The van der Waals surface area contributed by atoms with Crippen molar-refractivity contribution in [2.45, 2.75) is 17.2 Å². The molecule has 110 valence electrons. The fourth-order valence-corrected chi connectivity index (χ4v) is 3.93. The van der Waals surface area contributed by atoms with Crippen molar-refractivity contribution < 1.29 is 4.79 Å². The van der Waals surface area contributed by atoms with E-state index in [-0.39, 0.29) is 5.91 Å². The molecular formula is C14H14ClN3OS2. The Balaban J connectivity index is 1.63. The standard InChI is InChI=1S/C14H14ClN3OS2/c15-11-6-2-1-5-10(11)13-16-14(21-17-13)20-9-12(19)18-7-3-4-8-18/h1-2,5-6H,3-4,7-9H2. The van der Waals surface area contributed by atoms with Crippen LogP contribution in [-0.4, -0.2) is 39.0 Å². The smallest absolute Gasteiger partial charge is 0.233 e. The van der Waals surface area contributed by atoms with E-state index in [9.17, 15) is 4.79 Å². The molecule has 21 heavy (non-hydrogen) atoms. The first-order valence-electron chi connectivity index (χ1n) is 6.73. The zero-order valence-electron chi connectivity index (χ0n) is 11.3. The first kappa shape index (κ1) is 14.8. The normalized spacial score (nSPS) is 14.6. The van der Waals surface area contributed by atoms with Crippen LogP contribution >= 0.6 is 34.9 Å². The summed E-state index contributed by atoms with van der Waals surface area (Å²) in [7, 11) is 0. The molecule has 0 saturated carbocycles. The molecule has 1 aliphatic rings. The van der Waals surface area contributed by atoms with Crippen molar-refractivity contribution in [1.82, 2.24) is 14.3 Å². The van der Waals surface area contributed by atoms with E-state index < -0.39 is 0 Å². The molecule has 0 bridgehead atoms. The molecule has 1 aromatic carbocycles. The van der Waals surface area contributed by atoms with Gasteiger partial charge < -0.3 is 4.90 Å². The van der Waals surface area contributed by atoms with Gasteiger partial charge in [0, 0.05) is 18.7 Å². The lowest BCUT2D eigenvalue weighted by atomic mass is 10.2. The number of benzene rings is 1. The maximum absolute atomic E-state index is 12.0. The Bertz CT molecular complexity index is 641. The van der Waals surface area contributed by atoms with Gasteiger partial charge >= 0.3 is 0 Å². The van der Waals surface area contributed by atoms with Gasteiger partial charge in [-0.2, -0.15) is 4.37 Å². The highest BCUT2D eigenvalue weighted by molar-refractivity contribution is 8.01. The lowest BCUT2D eigenvalue weighted by Crippen LogP contribution is -2.29. The number of nitrogens with zero attached hydrogens (tertiary/aromatic N) is 3. The predicted octanol–water partition coefficient (Wildman–Crippen LogP) is 3.57. The summed E-state index contributed by atoms with van der Waals surface area (Å²) in [6.45, 7) is 1.78. The van der Waals surface area contributed by atoms with Crippen LogP contribution in [-0.2, 0) is 4.79 Å². The van der Waals surface area contributed by atoms with Crippen LogP contribution in [0, 0.1) is 0 Å². The Hall–Kier alpha value is -1.11. The van der Waals surface area contributed by atoms with E-state index in [1.807, 2.05) is 29.2 Å². The molecule has 0 spiro atoms. The second kappa shape index (κ2) is 6.77. The predicted molar refractivity (Wildman–Crippen MR) is 86.9 cm³/mol. The molecule has 0 aliphatic carbocycles. The number of carbonyl (C=O) groups excluding carboxylic acids is 1. The molecule has 4 nitrogen and oxygen atoms in total. The summed E-state index contributed by atoms with van der Waals surface area (Å²) in [5, 5.41) is 0.639. The first-order chi connectivity index (χ1) is 10.2. The zero-order valence-corrected chi connectivity index (χ0v) is 13.7. The lowest BCUT2D eigenvalue weighted by Gasteiger charge is -2.13. The van der Waals surface area contributed by atoms with Crippen LogP contribution in [0.15, 0.2) is 28.6 Å². The molecule has 3 rings (SSSR count). The Labute approximate surface area is 136 Å². The largest absolute Gasteiger partial charge is 0.342 e. The van der Waals surface area contributed by atoms with Crippen molar-refractivity contribution in [3.05, 3.63) is 29.3 Å². The maximum Gasteiger partial charge on any atom is 0.233 e. The fraction of sp³-hybridized carbons (Fsp3) is 0.357. The summed E-state index contributed by atoms with van der Waals surface area (Å²) in [5.41, 5.74) is 0.827. The Morgan fingerprint density at radius 3 is 2.86 bits per heavy atom. The Morgan fingerprint density at radius 1 is 1.33 bits per heavy atom. The van der Waals surface area contributed by atoms with Gasteiger partial charge in [-0.15, -0.1) is 0 Å². The molecule has 1 amide bonds. The molecule has 1 aliphatic heterocycles. The first-order valence-corrected chi connectivity index (χ1v) is 8.87. The SMILES string of the molecule is O=C(CSc1nc(-c2ccccc2Cl)ns1)N1CCCC1. The molecule has 1 saturated heterocycles. The van der Waals surface area contributed by atoms with Crippen LogP contribution in [0.3, 0.4) is 0 Å². The molecule has 1 aromatic heterocycles. The molecule has 0 unspecified atom stereocenters. The number of aromatic nitrogens is 2. The number of likely N-dealkylation sites (tertiary alicyclic amines) is 1. The highest BCUT2D eigenvalue weighted by atomic mass is 35.5. The number of halogens is 1. The van der Waals surface area contributed by atoms with Gasteiger partial charge in [0.05, 0.1) is 10.8 Å². The van der Waals surface area contributed by atoms with Crippen LogP contribution in [0.4, 0.5) is 0 Å². The Kier molecular flexibility index (Phi) is 4.77. The topological polar surface area (TPSA) is 46.1 Å². The van der Waals surface area contributed by atoms with Crippen LogP contribution < -0.4 is 0 Å². The quantitative estimate of drug-likeness (QED) is 0.799. The van der Waals surface area contributed by atoms with Crippen molar-refractivity contribution in [2.24, 2.45) is 0 Å². The van der Waals surface area contributed by atoms with Gasteiger partial charge in [0.1, 0.15) is 0 Å². The van der Waals surface area contributed by atoms with E-state index in [0.29, 0.717) is 16.6 Å².